The quantitative estimate of drug-likeness (QED) is 0.722. The molecule has 1 fully saturated rings. The molecule has 0 bridgehead atoms. The topological polar surface area (TPSA) is 88.2 Å². The highest BCUT2D eigenvalue weighted by Gasteiger charge is 2.48. The lowest BCUT2D eigenvalue weighted by atomic mass is 9.92. The number of carbonyl (C=O) groups is 3. The monoisotopic (exact) mass is 423 g/mol. The summed E-state index contributed by atoms with van der Waals surface area (Å²) < 4.78 is 10.7. The molecule has 0 saturated carbocycles. The Morgan fingerprint density at radius 1 is 1.13 bits per heavy atom. The van der Waals surface area contributed by atoms with E-state index in [0.717, 1.165) is 16.2 Å². The number of carbonyl (C=O) groups excluding carboxylic acids is 3. The molecule has 4 rings (SSSR count). The molecule has 2 aliphatic heterocycles. The zero-order valence-electron chi connectivity index (χ0n) is 17.8. The predicted octanol–water partition coefficient (Wildman–Crippen LogP) is 2.71. The Bertz CT molecular complexity index is 1020. The van der Waals surface area contributed by atoms with Gasteiger partial charge in [0.1, 0.15) is 12.1 Å². The third-order valence-electron chi connectivity index (χ3n) is 5.45. The maximum absolute atomic E-state index is 13.2. The first-order chi connectivity index (χ1) is 14.8. The Kier molecular flexibility index (Phi) is 5.31. The summed E-state index contributed by atoms with van der Waals surface area (Å²) in [6, 6.07) is 13.9. The number of rotatable bonds is 6. The number of hydrogen-bond donors (Lipinski definition) is 1. The van der Waals surface area contributed by atoms with Gasteiger partial charge in [-0.15, -0.1) is 0 Å². The van der Waals surface area contributed by atoms with Crippen molar-refractivity contribution >= 4 is 23.5 Å². The third-order valence-corrected chi connectivity index (χ3v) is 5.45. The number of para-hydroxylation sites is 1. The van der Waals surface area contributed by atoms with E-state index >= 15 is 0 Å². The third kappa shape index (κ3) is 3.93. The van der Waals surface area contributed by atoms with Gasteiger partial charge in [0.05, 0.1) is 0 Å². The van der Waals surface area contributed by atoms with Crippen LogP contribution in [0.3, 0.4) is 0 Å². The van der Waals surface area contributed by atoms with Crippen LogP contribution in [0.25, 0.3) is 0 Å². The SMILES string of the molecule is CC(C)N(C(=O)CN1C(=O)N[C@@](C)(Cc2ccc3c(c2)OCO3)C1=O)c1ccccc1. The second-order valence-corrected chi connectivity index (χ2v) is 8.21. The van der Waals surface area contributed by atoms with Gasteiger partial charge in [0.15, 0.2) is 11.5 Å². The molecular formula is C23H25N3O5. The Balaban J connectivity index is 1.50. The summed E-state index contributed by atoms with van der Waals surface area (Å²) in [7, 11) is 0. The average Bonchev–Trinajstić information content (AvgIpc) is 3.26. The molecule has 8 heteroatoms. The molecule has 1 atom stereocenters. The average molecular weight is 423 g/mol. The van der Waals surface area contributed by atoms with Crippen LogP contribution in [0.1, 0.15) is 26.3 Å². The molecule has 31 heavy (non-hydrogen) atoms. The Hall–Kier alpha value is -3.55. The van der Waals surface area contributed by atoms with Gasteiger partial charge >= 0.3 is 6.03 Å². The first-order valence-corrected chi connectivity index (χ1v) is 10.2. The van der Waals surface area contributed by atoms with Crippen molar-refractivity contribution in [3.8, 4) is 11.5 Å². The molecule has 2 aliphatic rings. The van der Waals surface area contributed by atoms with Crippen molar-refractivity contribution in [3.63, 3.8) is 0 Å². The van der Waals surface area contributed by atoms with Crippen LogP contribution in [-0.4, -0.2) is 47.7 Å². The van der Waals surface area contributed by atoms with Crippen molar-refractivity contribution in [1.82, 2.24) is 10.2 Å². The number of nitrogens with one attached hydrogen (secondary N) is 1. The largest absolute Gasteiger partial charge is 0.454 e. The molecule has 0 unspecified atom stereocenters. The van der Waals surface area contributed by atoms with Crippen LogP contribution in [0.5, 0.6) is 11.5 Å². The predicted molar refractivity (Wildman–Crippen MR) is 114 cm³/mol. The van der Waals surface area contributed by atoms with E-state index in [4.69, 9.17) is 9.47 Å². The number of hydrogen-bond acceptors (Lipinski definition) is 5. The minimum atomic E-state index is -1.15. The van der Waals surface area contributed by atoms with E-state index in [2.05, 4.69) is 5.32 Å². The number of benzene rings is 2. The fraction of sp³-hybridized carbons (Fsp3) is 0.348. The molecule has 4 amide bonds. The van der Waals surface area contributed by atoms with Crippen LogP contribution in [0.4, 0.5) is 10.5 Å². The lowest BCUT2D eigenvalue weighted by Gasteiger charge is -2.28. The van der Waals surface area contributed by atoms with Crippen molar-refractivity contribution in [2.45, 2.75) is 38.8 Å². The van der Waals surface area contributed by atoms with E-state index in [0.29, 0.717) is 11.5 Å². The molecule has 2 aromatic carbocycles. The summed E-state index contributed by atoms with van der Waals surface area (Å²) in [5, 5.41) is 2.75. The van der Waals surface area contributed by atoms with E-state index < -0.39 is 17.5 Å². The minimum Gasteiger partial charge on any atom is -0.454 e. The summed E-state index contributed by atoms with van der Waals surface area (Å²) in [4.78, 5) is 41.4. The maximum Gasteiger partial charge on any atom is 0.325 e. The molecule has 1 N–H and O–H groups in total. The summed E-state index contributed by atoms with van der Waals surface area (Å²) in [6.45, 7) is 5.28. The zero-order chi connectivity index (χ0) is 22.2. The van der Waals surface area contributed by atoms with Crippen LogP contribution in [-0.2, 0) is 16.0 Å². The van der Waals surface area contributed by atoms with E-state index in [1.54, 1.807) is 24.0 Å². The highest BCUT2D eigenvalue weighted by Crippen LogP contribution is 2.34. The van der Waals surface area contributed by atoms with Gasteiger partial charge in [0.25, 0.3) is 5.91 Å². The van der Waals surface area contributed by atoms with Crippen molar-refractivity contribution in [2.75, 3.05) is 18.2 Å². The number of anilines is 1. The van der Waals surface area contributed by atoms with E-state index in [-0.39, 0.29) is 31.7 Å². The number of fused-ring (bicyclic) bond motifs is 1. The number of urea groups is 1. The summed E-state index contributed by atoms with van der Waals surface area (Å²) in [6.07, 6.45) is 0.269. The van der Waals surface area contributed by atoms with Crippen molar-refractivity contribution in [2.24, 2.45) is 0 Å². The van der Waals surface area contributed by atoms with Crippen molar-refractivity contribution < 1.29 is 23.9 Å². The van der Waals surface area contributed by atoms with Gasteiger partial charge in [0, 0.05) is 18.2 Å². The van der Waals surface area contributed by atoms with Crippen LogP contribution in [0.2, 0.25) is 0 Å². The van der Waals surface area contributed by atoms with Gasteiger partial charge in [-0.05, 0) is 50.6 Å². The fourth-order valence-electron chi connectivity index (χ4n) is 4.00. The van der Waals surface area contributed by atoms with E-state index in [1.165, 1.54) is 0 Å². The molecule has 0 aromatic heterocycles. The zero-order valence-corrected chi connectivity index (χ0v) is 17.8. The van der Waals surface area contributed by atoms with Crippen LogP contribution in [0.15, 0.2) is 48.5 Å². The minimum absolute atomic E-state index is 0.129. The van der Waals surface area contributed by atoms with E-state index in [9.17, 15) is 14.4 Å². The standard InChI is InChI=1S/C23H25N3O5/c1-15(2)26(17-7-5-4-6-8-17)20(27)13-25-21(28)23(3,24-22(25)29)12-16-9-10-18-19(11-16)31-14-30-18/h4-11,15H,12-14H2,1-3H3,(H,24,29)/t23-/m0/s1. The number of nitrogens with zero attached hydrogens (tertiary/aromatic N) is 2. The normalized spacial score (nSPS) is 19.7. The van der Waals surface area contributed by atoms with Crippen molar-refractivity contribution in [1.29, 1.82) is 0 Å². The number of imide groups is 1. The smallest absolute Gasteiger partial charge is 0.325 e. The van der Waals surface area contributed by atoms with E-state index in [1.807, 2.05) is 50.2 Å². The van der Waals surface area contributed by atoms with Crippen molar-refractivity contribution in [3.05, 3.63) is 54.1 Å². The number of amides is 4. The highest BCUT2D eigenvalue weighted by molar-refractivity contribution is 6.10. The fourth-order valence-corrected chi connectivity index (χ4v) is 4.00. The second-order valence-electron chi connectivity index (χ2n) is 8.21. The molecule has 0 aliphatic carbocycles. The second kappa shape index (κ2) is 7.94. The van der Waals surface area contributed by atoms with Crippen LogP contribution in [0, 0.1) is 0 Å². The molecular weight excluding hydrogens is 398 g/mol. The lowest BCUT2D eigenvalue weighted by molar-refractivity contribution is -0.134. The van der Waals surface area contributed by atoms with Gasteiger partial charge in [-0.1, -0.05) is 24.3 Å². The lowest BCUT2D eigenvalue weighted by Crippen LogP contribution is -2.48. The van der Waals surface area contributed by atoms with Crippen LogP contribution >= 0.6 is 0 Å². The molecule has 0 radical (unpaired) electrons. The van der Waals surface area contributed by atoms with Crippen LogP contribution < -0.4 is 19.7 Å². The maximum atomic E-state index is 13.2. The molecule has 2 aromatic rings. The first kappa shape index (κ1) is 20.7. The Morgan fingerprint density at radius 3 is 2.55 bits per heavy atom. The van der Waals surface area contributed by atoms with Gasteiger partial charge in [-0.2, -0.15) is 0 Å². The summed E-state index contributed by atoms with van der Waals surface area (Å²) >= 11 is 0. The summed E-state index contributed by atoms with van der Waals surface area (Å²) in [5.41, 5.74) is 0.389. The molecule has 8 nitrogen and oxygen atoms in total. The first-order valence-electron chi connectivity index (χ1n) is 10.2. The van der Waals surface area contributed by atoms with Gasteiger partial charge < -0.3 is 19.7 Å². The number of ether oxygens (including phenoxy) is 2. The molecule has 162 valence electrons. The van der Waals surface area contributed by atoms with Gasteiger partial charge in [0.2, 0.25) is 12.7 Å². The Morgan fingerprint density at radius 2 is 1.84 bits per heavy atom. The van der Waals surface area contributed by atoms with Gasteiger partial charge in [-0.3, -0.25) is 14.5 Å². The summed E-state index contributed by atoms with van der Waals surface area (Å²) in [5.74, 6) is 0.509. The molecule has 0 spiro atoms. The van der Waals surface area contributed by atoms with Gasteiger partial charge in [-0.25, -0.2) is 4.79 Å². The molecule has 2 heterocycles. The highest BCUT2D eigenvalue weighted by atomic mass is 16.7. The Labute approximate surface area is 180 Å². The molecule has 1 saturated heterocycles.